The van der Waals surface area contributed by atoms with Crippen LogP contribution in [0.4, 0.5) is 0 Å². The van der Waals surface area contributed by atoms with Gasteiger partial charge in [0.15, 0.2) is 0 Å². The molecule has 0 aromatic rings. The van der Waals surface area contributed by atoms with Gasteiger partial charge in [0, 0.05) is 6.04 Å². The molecule has 2 rings (SSSR count). The van der Waals surface area contributed by atoms with Crippen LogP contribution in [0.1, 0.15) is 25.7 Å². The SMILES string of the molecule is COC(=O)C12CCC(CC1)N2C. The van der Waals surface area contributed by atoms with E-state index in [4.69, 9.17) is 4.74 Å². The van der Waals surface area contributed by atoms with E-state index in [1.807, 2.05) is 7.05 Å². The van der Waals surface area contributed by atoms with Crippen LogP contribution in [0.5, 0.6) is 0 Å². The third kappa shape index (κ3) is 0.774. The van der Waals surface area contributed by atoms with Gasteiger partial charge in [-0.3, -0.25) is 9.69 Å². The molecule has 2 aliphatic heterocycles. The molecule has 0 amide bonds. The molecule has 68 valence electrons. The number of hydrogen-bond acceptors (Lipinski definition) is 3. The molecule has 2 saturated heterocycles. The quantitative estimate of drug-likeness (QED) is 0.543. The van der Waals surface area contributed by atoms with E-state index < -0.39 is 0 Å². The standard InChI is InChI=1S/C9H15NO2/c1-10-7-3-5-9(10,6-4-7)8(11)12-2/h7H,3-6H2,1-2H3. The van der Waals surface area contributed by atoms with Gasteiger partial charge in [0.25, 0.3) is 0 Å². The Labute approximate surface area is 72.7 Å². The van der Waals surface area contributed by atoms with Crippen LogP contribution in [0.25, 0.3) is 0 Å². The molecule has 2 aliphatic rings. The summed E-state index contributed by atoms with van der Waals surface area (Å²) in [5.41, 5.74) is -0.251. The fraction of sp³-hybridized carbons (Fsp3) is 0.889. The number of carbonyl (C=O) groups excluding carboxylic acids is 1. The fourth-order valence-electron chi connectivity index (χ4n) is 2.71. The molecule has 0 aliphatic carbocycles. The Morgan fingerprint density at radius 2 is 2.08 bits per heavy atom. The number of ether oxygens (including phenoxy) is 1. The number of nitrogens with zero attached hydrogens (tertiary/aromatic N) is 1. The number of hydrogen-bond donors (Lipinski definition) is 0. The lowest BCUT2D eigenvalue weighted by Gasteiger charge is -2.28. The second-order valence-electron chi connectivity index (χ2n) is 3.87. The Morgan fingerprint density at radius 1 is 1.50 bits per heavy atom. The van der Waals surface area contributed by atoms with Gasteiger partial charge >= 0.3 is 5.97 Å². The van der Waals surface area contributed by atoms with Crippen LogP contribution in [0.2, 0.25) is 0 Å². The molecule has 2 fully saturated rings. The summed E-state index contributed by atoms with van der Waals surface area (Å²) in [6, 6.07) is 0.629. The molecule has 3 nitrogen and oxygen atoms in total. The van der Waals surface area contributed by atoms with Crippen LogP contribution in [0, 0.1) is 0 Å². The zero-order valence-electron chi connectivity index (χ0n) is 7.67. The van der Waals surface area contributed by atoms with Crippen LogP contribution in [-0.4, -0.2) is 36.6 Å². The third-order valence-electron chi connectivity index (χ3n) is 3.57. The van der Waals surface area contributed by atoms with Crippen molar-refractivity contribution in [3.05, 3.63) is 0 Å². The summed E-state index contributed by atoms with van der Waals surface area (Å²) < 4.78 is 4.84. The zero-order chi connectivity index (χ0) is 8.77. The van der Waals surface area contributed by atoms with Gasteiger partial charge < -0.3 is 4.74 Å². The first-order chi connectivity index (χ1) is 5.70. The van der Waals surface area contributed by atoms with Gasteiger partial charge in [-0.05, 0) is 32.7 Å². The molecule has 0 aromatic carbocycles. The zero-order valence-corrected chi connectivity index (χ0v) is 7.67. The topological polar surface area (TPSA) is 29.5 Å². The maximum atomic E-state index is 11.5. The molecule has 0 aromatic heterocycles. The summed E-state index contributed by atoms with van der Waals surface area (Å²) in [5, 5.41) is 0. The lowest BCUT2D eigenvalue weighted by Crippen LogP contribution is -2.46. The van der Waals surface area contributed by atoms with Crippen LogP contribution in [0.15, 0.2) is 0 Å². The van der Waals surface area contributed by atoms with Crippen molar-refractivity contribution in [2.24, 2.45) is 0 Å². The molecule has 0 atom stereocenters. The number of rotatable bonds is 1. The molecular weight excluding hydrogens is 154 g/mol. The Hall–Kier alpha value is -0.570. The number of fused-ring (bicyclic) bond motifs is 2. The highest BCUT2D eigenvalue weighted by molar-refractivity contribution is 5.81. The summed E-state index contributed by atoms with van der Waals surface area (Å²) >= 11 is 0. The van der Waals surface area contributed by atoms with Crippen molar-refractivity contribution in [3.63, 3.8) is 0 Å². The van der Waals surface area contributed by atoms with Gasteiger partial charge in [0.1, 0.15) is 5.54 Å². The third-order valence-corrected chi connectivity index (χ3v) is 3.57. The Morgan fingerprint density at radius 3 is 2.42 bits per heavy atom. The predicted molar refractivity (Wildman–Crippen MR) is 44.8 cm³/mol. The molecule has 2 bridgehead atoms. The maximum Gasteiger partial charge on any atom is 0.326 e. The van der Waals surface area contributed by atoms with E-state index in [0.717, 1.165) is 25.7 Å². The molecule has 0 unspecified atom stereocenters. The summed E-state index contributed by atoms with van der Waals surface area (Å²) in [6.07, 6.45) is 4.29. The minimum atomic E-state index is -0.251. The van der Waals surface area contributed by atoms with E-state index >= 15 is 0 Å². The van der Waals surface area contributed by atoms with Gasteiger partial charge in [0.05, 0.1) is 7.11 Å². The van der Waals surface area contributed by atoms with E-state index in [2.05, 4.69) is 4.90 Å². The van der Waals surface area contributed by atoms with Crippen LogP contribution >= 0.6 is 0 Å². The summed E-state index contributed by atoms with van der Waals surface area (Å²) in [5.74, 6) is -0.0370. The predicted octanol–water partition coefficient (Wildman–Crippen LogP) is 0.786. The Bertz CT molecular complexity index is 207. The van der Waals surface area contributed by atoms with E-state index in [1.165, 1.54) is 7.11 Å². The minimum absolute atomic E-state index is 0.0370. The summed E-state index contributed by atoms with van der Waals surface area (Å²) in [4.78, 5) is 13.7. The lowest BCUT2D eigenvalue weighted by molar-refractivity contribution is -0.151. The summed E-state index contributed by atoms with van der Waals surface area (Å²) in [6.45, 7) is 0. The Kier molecular flexibility index (Phi) is 1.65. The second kappa shape index (κ2) is 2.46. The van der Waals surface area contributed by atoms with Crippen molar-refractivity contribution in [2.75, 3.05) is 14.2 Å². The van der Waals surface area contributed by atoms with Crippen molar-refractivity contribution in [2.45, 2.75) is 37.3 Å². The van der Waals surface area contributed by atoms with Crippen molar-refractivity contribution in [1.29, 1.82) is 0 Å². The molecule has 3 heteroatoms. The van der Waals surface area contributed by atoms with Crippen LogP contribution < -0.4 is 0 Å². The second-order valence-corrected chi connectivity index (χ2v) is 3.87. The number of esters is 1. The van der Waals surface area contributed by atoms with E-state index in [9.17, 15) is 4.79 Å². The van der Waals surface area contributed by atoms with Crippen molar-refractivity contribution in [3.8, 4) is 0 Å². The maximum absolute atomic E-state index is 11.5. The normalized spacial score (nSPS) is 40.3. The highest BCUT2D eigenvalue weighted by Gasteiger charge is 2.55. The number of methoxy groups -OCH3 is 1. The monoisotopic (exact) mass is 169 g/mol. The molecule has 0 saturated carbocycles. The number of carbonyl (C=O) groups is 1. The van der Waals surface area contributed by atoms with E-state index in [1.54, 1.807) is 0 Å². The smallest absolute Gasteiger partial charge is 0.326 e. The van der Waals surface area contributed by atoms with Crippen molar-refractivity contribution < 1.29 is 9.53 Å². The molecule has 12 heavy (non-hydrogen) atoms. The summed E-state index contributed by atoms with van der Waals surface area (Å²) in [7, 11) is 3.53. The minimum Gasteiger partial charge on any atom is -0.468 e. The number of likely N-dealkylation sites (N-methyl/N-ethyl adjacent to an activating group) is 1. The fourth-order valence-corrected chi connectivity index (χ4v) is 2.71. The molecule has 2 heterocycles. The Balaban J connectivity index is 2.25. The first kappa shape index (κ1) is 8.05. The van der Waals surface area contributed by atoms with Gasteiger partial charge in [-0.2, -0.15) is 0 Å². The van der Waals surface area contributed by atoms with Gasteiger partial charge in [-0.25, -0.2) is 0 Å². The highest BCUT2D eigenvalue weighted by Crippen LogP contribution is 2.45. The molecular formula is C9H15NO2. The molecule has 0 N–H and O–H groups in total. The van der Waals surface area contributed by atoms with Crippen molar-refractivity contribution in [1.82, 2.24) is 4.90 Å². The van der Waals surface area contributed by atoms with Crippen LogP contribution in [0.3, 0.4) is 0 Å². The first-order valence-corrected chi connectivity index (χ1v) is 4.52. The first-order valence-electron chi connectivity index (χ1n) is 4.52. The van der Waals surface area contributed by atoms with E-state index in [0.29, 0.717) is 6.04 Å². The molecule has 0 spiro atoms. The van der Waals surface area contributed by atoms with E-state index in [-0.39, 0.29) is 11.5 Å². The van der Waals surface area contributed by atoms with Crippen molar-refractivity contribution >= 4 is 5.97 Å². The average molecular weight is 169 g/mol. The van der Waals surface area contributed by atoms with Gasteiger partial charge in [0.2, 0.25) is 0 Å². The largest absolute Gasteiger partial charge is 0.468 e. The highest BCUT2D eigenvalue weighted by atomic mass is 16.5. The van der Waals surface area contributed by atoms with Gasteiger partial charge in [-0.15, -0.1) is 0 Å². The average Bonchev–Trinajstić information content (AvgIpc) is 2.60. The van der Waals surface area contributed by atoms with Crippen LogP contribution in [-0.2, 0) is 9.53 Å². The lowest BCUT2D eigenvalue weighted by atomic mass is 9.88. The molecule has 0 radical (unpaired) electrons. The van der Waals surface area contributed by atoms with Gasteiger partial charge in [-0.1, -0.05) is 0 Å².